The van der Waals surface area contributed by atoms with E-state index in [-0.39, 0.29) is 17.5 Å². The van der Waals surface area contributed by atoms with Gasteiger partial charge in [0.25, 0.3) is 0 Å². The second-order valence-corrected chi connectivity index (χ2v) is 6.85. The minimum Gasteiger partial charge on any atom is -0.393 e. The summed E-state index contributed by atoms with van der Waals surface area (Å²) >= 11 is 0. The van der Waals surface area contributed by atoms with Gasteiger partial charge in [-0.25, -0.2) is 4.21 Å². The van der Waals surface area contributed by atoms with Crippen LogP contribution in [0.5, 0.6) is 0 Å². The lowest BCUT2D eigenvalue weighted by molar-refractivity contribution is -0.00443. The Balaban J connectivity index is 4.40. The quantitative estimate of drug-likeness (QED) is 0.715. The maximum atomic E-state index is 11.7. The van der Waals surface area contributed by atoms with Crippen LogP contribution in [0.25, 0.3) is 0 Å². The fourth-order valence-corrected chi connectivity index (χ4v) is 1.70. The summed E-state index contributed by atoms with van der Waals surface area (Å²) in [6.07, 6.45) is 2.89. The SMILES string of the molecule is CCC(CC)O[C@@H](/C=N/[S@@](=O)C(C)(C)C)CO. The van der Waals surface area contributed by atoms with E-state index in [0.717, 1.165) is 12.8 Å². The number of hydrogen-bond acceptors (Lipinski definition) is 3. The normalized spacial score (nSPS) is 16.6. The summed E-state index contributed by atoms with van der Waals surface area (Å²) in [6.45, 7) is 9.50. The van der Waals surface area contributed by atoms with Crippen molar-refractivity contribution in [3.63, 3.8) is 0 Å². The number of rotatable bonds is 7. The first-order valence-corrected chi connectivity index (χ1v) is 7.18. The molecule has 102 valence electrons. The lowest BCUT2D eigenvalue weighted by Gasteiger charge is -2.19. The van der Waals surface area contributed by atoms with Crippen molar-refractivity contribution in [1.82, 2.24) is 0 Å². The number of nitrogens with zero attached hydrogens (tertiary/aromatic N) is 1. The van der Waals surface area contributed by atoms with Crippen molar-refractivity contribution in [2.45, 2.75) is 64.4 Å². The van der Waals surface area contributed by atoms with Crippen LogP contribution in [0.2, 0.25) is 0 Å². The van der Waals surface area contributed by atoms with Crippen molar-refractivity contribution in [1.29, 1.82) is 0 Å². The maximum absolute atomic E-state index is 11.7. The van der Waals surface area contributed by atoms with Crippen LogP contribution in [0.3, 0.4) is 0 Å². The van der Waals surface area contributed by atoms with Crippen LogP contribution in [-0.2, 0) is 15.7 Å². The highest BCUT2D eigenvalue weighted by Crippen LogP contribution is 2.12. The van der Waals surface area contributed by atoms with Crippen LogP contribution in [0.4, 0.5) is 0 Å². The van der Waals surface area contributed by atoms with Crippen molar-refractivity contribution in [3.8, 4) is 0 Å². The van der Waals surface area contributed by atoms with Gasteiger partial charge in [0.1, 0.15) is 17.1 Å². The monoisotopic (exact) mass is 263 g/mol. The minimum absolute atomic E-state index is 0.113. The summed E-state index contributed by atoms with van der Waals surface area (Å²) < 4.78 is 20.9. The standard InChI is InChI=1S/C12H25NO3S/c1-6-10(7-2)16-11(9-14)8-13-17(15)12(3,4)5/h8,10-11,14H,6-7,9H2,1-5H3/b13-8+/t11-,17-/m0/s1. The molecule has 17 heavy (non-hydrogen) atoms. The van der Waals surface area contributed by atoms with E-state index < -0.39 is 17.1 Å². The molecule has 0 spiro atoms. The van der Waals surface area contributed by atoms with E-state index in [1.54, 1.807) is 0 Å². The Hall–Kier alpha value is -0.260. The van der Waals surface area contributed by atoms with E-state index in [2.05, 4.69) is 4.40 Å². The molecule has 0 heterocycles. The summed E-state index contributed by atoms with van der Waals surface area (Å²) in [5, 5.41) is 9.17. The molecule has 0 aromatic rings. The molecule has 1 N–H and O–H groups in total. The predicted molar refractivity (Wildman–Crippen MR) is 72.7 cm³/mol. The highest BCUT2D eigenvalue weighted by Gasteiger charge is 2.19. The first-order valence-electron chi connectivity index (χ1n) is 6.07. The molecule has 0 amide bonds. The largest absolute Gasteiger partial charge is 0.393 e. The molecule has 2 atom stereocenters. The van der Waals surface area contributed by atoms with Gasteiger partial charge >= 0.3 is 0 Å². The van der Waals surface area contributed by atoms with Gasteiger partial charge in [-0.2, -0.15) is 4.40 Å². The molecule has 0 saturated carbocycles. The van der Waals surface area contributed by atoms with Crippen molar-refractivity contribution in [2.24, 2.45) is 4.40 Å². The zero-order valence-corrected chi connectivity index (χ0v) is 12.3. The Morgan fingerprint density at radius 1 is 1.35 bits per heavy atom. The van der Waals surface area contributed by atoms with E-state index in [0.29, 0.717) is 0 Å². The average Bonchev–Trinajstić information content (AvgIpc) is 2.28. The Labute approximate surface area is 107 Å². The van der Waals surface area contributed by atoms with Crippen molar-refractivity contribution in [3.05, 3.63) is 0 Å². The molecule has 0 aliphatic carbocycles. The van der Waals surface area contributed by atoms with E-state index >= 15 is 0 Å². The predicted octanol–water partition coefficient (Wildman–Crippen LogP) is 2.09. The van der Waals surface area contributed by atoms with E-state index in [4.69, 9.17) is 9.84 Å². The average molecular weight is 263 g/mol. The second-order valence-electron chi connectivity index (χ2n) is 4.91. The first-order chi connectivity index (χ1) is 7.85. The minimum atomic E-state index is -1.30. The molecule has 5 heteroatoms. The van der Waals surface area contributed by atoms with Crippen molar-refractivity contribution < 1.29 is 14.1 Å². The molecule has 0 rings (SSSR count). The van der Waals surface area contributed by atoms with E-state index in [1.807, 2.05) is 34.6 Å². The highest BCUT2D eigenvalue weighted by atomic mass is 32.2. The van der Waals surface area contributed by atoms with Crippen LogP contribution in [-0.4, -0.2) is 39.1 Å². The zero-order valence-electron chi connectivity index (χ0n) is 11.5. The molecule has 0 radical (unpaired) electrons. The van der Waals surface area contributed by atoms with Gasteiger partial charge in [-0.1, -0.05) is 13.8 Å². The summed E-state index contributed by atoms with van der Waals surface area (Å²) in [4.78, 5) is 0. The van der Waals surface area contributed by atoms with Gasteiger partial charge in [-0.15, -0.1) is 0 Å². The highest BCUT2D eigenvalue weighted by molar-refractivity contribution is 7.85. The molecule has 0 aliphatic heterocycles. The van der Waals surface area contributed by atoms with Crippen LogP contribution in [0.1, 0.15) is 47.5 Å². The molecule has 4 nitrogen and oxygen atoms in total. The first kappa shape index (κ1) is 16.7. The van der Waals surface area contributed by atoms with Crippen molar-refractivity contribution in [2.75, 3.05) is 6.61 Å². The smallest absolute Gasteiger partial charge is 0.144 e. The summed E-state index contributed by atoms with van der Waals surface area (Å²) in [7, 11) is -1.30. The van der Waals surface area contributed by atoms with Crippen molar-refractivity contribution >= 4 is 17.2 Å². The molecule has 0 unspecified atom stereocenters. The molecule has 0 bridgehead atoms. The number of hydrogen-bond donors (Lipinski definition) is 1. The molecular weight excluding hydrogens is 238 g/mol. The van der Waals surface area contributed by atoms with Crippen LogP contribution in [0.15, 0.2) is 4.40 Å². The number of aliphatic hydroxyl groups is 1. The summed E-state index contributed by atoms with van der Waals surface area (Å²) in [5.41, 5.74) is 0. The number of aliphatic hydroxyl groups excluding tert-OH is 1. The third-order valence-corrected chi connectivity index (χ3v) is 3.67. The molecule has 0 fully saturated rings. The maximum Gasteiger partial charge on any atom is 0.144 e. The van der Waals surface area contributed by atoms with Gasteiger partial charge in [0, 0.05) is 6.21 Å². The molecular formula is C12H25NO3S. The lowest BCUT2D eigenvalue weighted by atomic mass is 10.2. The van der Waals surface area contributed by atoms with Crippen LogP contribution in [0, 0.1) is 0 Å². The Kier molecular flexibility index (Phi) is 7.83. The summed E-state index contributed by atoms with van der Waals surface area (Å²) in [5.74, 6) is 0. The topological polar surface area (TPSA) is 58.9 Å². The molecule has 0 saturated heterocycles. The van der Waals surface area contributed by atoms with Gasteiger partial charge in [-0.3, -0.25) is 0 Å². The Bertz CT molecular complexity index is 257. The third kappa shape index (κ3) is 6.91. The Morgan fingerprint density at radius 2 is 1.88 bits per heavy atom. The molecule has 0 aromatic carbocycles. The zero-order chi connectivity index (χ0) is 13.5. The van der Waals surface area contributed by atoms with Crippen LogP contribution >= 0.6 is 0 Å². The second kappa shape index (κ2) is 7.95. The fraction of sp³-hybridized carbons (Fsp3) is 0.917. The molecule has 0 aromatic heterocycles. The fourth-order valence-electron chi connectivity index (χ4n) is 1.13. The van der Waals surface area contributed by atoms with Gasteiger partial charge in [0.05, 0.1) is 17.5 Å². The van der Waals surface area contributed by atoms with Gasteiger partial charge in [0.2, 0.25) is 0 Å². The lowest BCUT2D eigenvalue weighted by Crippen LogP contribution is -2.27. The Morgan fingerprint density at radius 3 is 2.24 bits per heavy atom. The van der Waals surface area contributed by atoms with Crippen LogP contribution < -0.4 is 0 Å². The van der Waals surface area contributed by atoms with Gasteiger partial charge in [0.15, 0.2) is 0 Å². The van der Waals surface area contributed by atoms with Gasteiger partial charge < -0.3 is 9.84 Å². The third-order valence-electron chi connectivity index (χ3n) is 2.30. The van der Waals surface area contributed by atoms with E-state index in [1.165, 1.54) is 6.21 Å². The van der Waals surface area contributed by atoms with E-state index in [9.17, 15) is 4.21 Å². The molecule has 0 aliphatic rings. The number of ether oxygens (including phenoxy) is 1. The van der Waals surface area contributed by atoms with Gasteiger partial charge in [-0.05, 0) is 33.6 Å². The summed E-state index contributed by atoms with van der Waals surface area (Å²) in [6, 6.07) is 0.